The predicted octanol–water partition coefficient (Wildman–Crippen LogP) is 3.65. The van der Waals surface area contributed by atoms with E-state index in [1.165, 1.54) is 0 Å². The van der Waals surface area contributed by atoms with Gasteiger partial charge in [0.1, 0.15) is 0 Å². The first-order valence-corrected chi connectivity index (χ1v) is 8.91. The fourth-order valence-electron chi connectivity index (χ4n) is 2.77. The van der Waals surface area contributed by atoms with E-state index in [4.69, 9.17) is 0 Å². The molecule has 26 heavy (non-hydrogen) atoms. The third kappa shape index (κ3) is 3.88. The second-order valence-corrected chi connectivity index (χ2v) is 6.91. The van der Waals surface area contributed by atoms with E-state index in [1.807, 2.05) is 67.1 Å². The summed E-state index contributed by atoms with van der Waals surface area (Å²) in [7, 11) is 1.87. The first kappa shape index (κ1) is 18.0. The zero-order chi connectivity index (χ0) is 18.7. The van der Waals surface area contributed by atoms with Gasteiger partial charge in [-0.25, -0.2) is 10.2 Å². The summed E-state index contributed by atoms with van der Waals surface area (Å²) in [5.41, 5.74) is 7.26. The van der Waals surface area contributed by atoms with Gasteiger partial charge in [-0.05, 0) is 30.7 Å². The minimum absolute atomic E-state index is 0.197. The highest BCUT2D eigenvalue weighted by Crippen LogP contribution is 2.20. The molecule has 0 bridgehead atoms. The maximum absolute atomic E-state index is 12.4. The summed E-state index contributed by atoms with van der Waals surface area (Å²) in [5, 5.41) is 3.61. The Bertz CT molecular complexity index is 950. The van der Waals surface area contributed by atoms with Gasteiger partial charge in [0.2, 0.25) is 0 Å². The van der Waals surface area contributed by atoms with Crippen molar-refractivity contribution in [1.82, 2.24) is 20.7 Å². The molecule has 0 aliphatic heterocycles. The van der Waals surface area contributed by atoms with Crippen molar-refractivity contribution < 1.29 is 9.59 Å². The third-order valence-electron chi connectivity index (χ3n) is 4.15. The Morgan fingerprint density at radius 2 is 1.73 bits per heavy atom. The Kier molecular flexibility index (Phi) is 5.27. The predicted molar refractivity (Wildman–Crippen MR) is 105 cm³/mol. The molecule has 6 nitrogen and oxygen atoms in total. The molecule has 0 saturated carbocycles. The van der Waals surface area contributed by atoms with Crippen LogP contribution in [0.25, 0.3) is 10.9 Å². The molecule has 3 rings (SSSR count). The monoisotopic (exact) mass is 414 g/mol. The van der Waals surface area contributed by atoms with Gasteiger partial charge in [0.25, 0.3) is 5.91 Å². The molecule has 1 unspecified atom stereocenters. The summed E-state index contributed by atoms with van der Waals surface area (Å²) in [6.45, 7) is 1.87. The first-order valence-electron chi connectivity index (χ1n) is 8.12. The summed E-state index contributed by atoms with van der Waals surface area (Å²) < 4.78 is 2.85. The molecule has 0 aliphatic rings. The molecule has 0 aliphatic carbocycles. The standard InChI is InChI=1S/C19H19BrN4O2/c1-12(13-7-9-14(20)10-8-13)21-19(26)23-22-18(25)16-11-24(2)17-6-4-3-5-15(16)17/h3-12H,1-2H3,(H,22,25)(H2,21,23,26). The molecule has 0 saturated heterocycles. The second-order valence-electron chi connectivity index (χ2n) is 6.00. The van der Waals surface area contributed by atoms with Crippen molar-refractivity contribution in [2.75, 3.05) is 0 Å². The van der Waals surface area contributed by atoms with Gasteiger partial charge in [-0.2, -0.15) is 0 Å². The zero-order valence-electron chi connectivity index (χ0n) is 14.4. The number of fused-ring (bicyclic) bond motifs is 1. The van der Waals surface area contributed by atoms with E-state index >= 15 is 0 Å². The fraction of sp³-hybridized carbons (Fsp3) is 0.158. The molecule has 0 spiro atoms. The number of hydrogen-bond donors (Lipinski definition) is 3. The van der Waals surface area contributed by atoms with Gasteiger partial charge in [0.15, 0.2) is 0 Å². The Labute approximate surface area is 159 Å². The van der Waals surface area contributed by atoms with E-state index in [0.717, 1.165) is 20.9 Å². The Hall–Kier alpha value is -2.80. The lowest BCUT2D eigenvalue weighted by Crippen LogP contribution is -2.47. The molecular formula is C19H19BrN4O2. The number of carbonyl (C=O) groups excluding carboxylic acids is 2. The van der Waals surface area contributed by atoms with E-state index in [1.54, 1.807) is 6.20 Å². The molecule has 134 valence electrons. The van der Waals surface area contributed by atoms with Crippen LogP contribution in [0.3, 0.4) is 0 Å². The molecule has 2 aromatic carbocycles. The number of hydrogen-bond acceptors (Lipinski definition) is 2. The Morgan fingerprint density at radius 1 is 1.04 bits per heavy atom. The summed E-state index contributed by atoms with van der Waals surface area (Å²) in [5.74, 6) is -0.367. The van der Waals surface area contributed by atoms with Gasteiger partial charge in [-0.15, -0.1) is 0 Å². The number of aromatic nitrogens is 1. The van der Waals surface area contributed by atoms with E-state index in [0.29, 0.717) is 5.56 Å². The molecule has 1 aromatic heterocycles. The number of nitrogens with zero attached hydrogens (tertiary/aromatic N) is 1. The van der Waals surface area contributed by atoms with Crippen LogP contribution in [0.2, 0.25) is 0 Å². The molecule has 1 heterocycles. The molecule has 3 N–H and O–H groups in total. The van der Waals surface area contributed by atoms with Gasteiger partial charge >= 0.3 is 6.03 Å². The van der Waals surface area contributed by atoms with Gasteiger partial charge in [-0.1, -0.05) is 46.3 Å². The maximum atomic E-state index is 12.4. The lowest BCUT2D eigenvalue weighted by Gasteiger charge is -2.15. The third-order valence-corrected chi connectivity index (χ3v) is 4.68. The maximum Gasteiger partial charge on any atom is 0.333 e. The van der Waals surface area contributed by atoms with E-state index in [9.17, 15) is 9.59 Å². The van der Waals surface area contributed by atoms with Crippen LogP contribution >= 0.6 is 15.9 Å². The molecule has 3 aromatic rings. The Morgan fingerprint density at radius 3 is 2.46 bits per heavy atom. The highest BCUT2D eigenvalue weighted by molar-refractivity contribution is 9.10. The lowest BCUT2D eigenvalue weighted by molar-refractivity contribution is 0.0937. The average molecular weight is 415 g/mol. The smallest absolute Gasteiger partial charge is 0.333 e. The SMILES string of the molecule is CC(NC(=O)NNC(=O)c1cn(C)c2ccccc12)c1ccc(Br)cc1. The van der Waals surface area contributed by atoms with Crippen LogP contribution in [0.1, 0.15) is 28.9 Å². The number of amides is 3. The van der Waals surface area contributed by atoms with E-state index in [2.05, 4.69) is 32.1 Å². The fourth-order valence-corrected chi connectivity index (χ4v) is 3.04. The number of rotatable bonds is 3. The van der Waals surface area contributed by atoms with E-state index < -0.39 is 6.03 Å². The molecule has 1 atom stereocenters. The summed E-state index contributed by atoms with van der Waals surface area (Å²) in [6.07, 6.45) is 1.74. The van der Waals surface area contributed by atoms with Crippen molar-refractivity contribution in [1.29, 1.82) is 0 Å². The van der Waals surface area contributed by atoms with Crippen LogP contribution in [0.15, 0.2) is 59.2 Å². The number of benzene rings is 2. The topological polar surface area (TPSA) is 75.2 Å². The highest BCUT2D eigenvalue weighted by Gasteiger charge is 2.15. The summed E-state index contributed by atoms with van der Waals surface area (Å²) in [6, 6.07) is 14.6. The Balaban J connectivity index is 1.60. The molecule has 3 amide bonds. The van der Waals surface area contributed by atoms with Crippen molar-refractivity contribution >= 4 is 38.8 Å². The minimum Gasteiger partial charge on any atom is -0.350 e. The lowest BCUT2D eigenvalue weighted by atomic mass is 10.1. The normalized spacial score (nSPS) is 11.8. The van der Waals surface area contributed by atoms with Gasteiger partial charge in [0.05, 0.1) is 11.6 Å². The number of urea groups is 1. The van der Waals surface area contributed by atoms with Crippen LogP contribution in [0.4, 0.5) is 4.79 Å². The van der Waals surface area contributed by atoms with Crippen LogP contribution in [-0.2, 0) is 7.05 Å². The molecule has 0 fully saturated rings. The van der Waals surface area contributed by atoms with Gasteiger partial charge in [-0.3, -0.25) is 10.2 Å². The number of carbonyl (C=O) groups is 2. The minimum atomic E-state index is -0.478. The second kappa shape index (κ2) is 7.61. The van der Waals surface area contributed by atoms with Gasteiger partial charge in [0, 0.05) is 28.6 Å². The van der Waals surface area contributed by atoms with Crippen LogP contribution < -0.4 is 16.2 Å². The number of halogens is 1. The molecular weight excluding hydrogens is 396 g/mol. The summed E-state index contributed by atoms with van der Waals surface area (Å²) in [4.78, 5) is 24.4. The quantitative estimate of drug-likeness (QED) is 0.572. The zero-order valence-corrected chi connectivity index (χ0v) is 16.0. The van der Waals surface area contributed by atoms with Crippen LogP contribution in [0, 0.1) is 0 Å². The largest absolute Gasteiger partial charge is 0.350 e. The number of nitrogens with one attached hydrogen (secondary N) is 3. The van der Waals surface area contributed by atoms with Crippen molar-refractivity contribution in [3.05, 3.63) is 70.3 Å². The highest BCUT2D eigenvalue weighted by atomic mass is 79.9. The van der Waals surface area contributed by atoms with Crippen molar-refractivity contribution in [2.45, 2.75) is 13.0 Å². The van der Waals surface area contributed by atoms with Crippen molar-refractivity contribution in [2.24, 2.45) is 7.05 Å². The van der Waals surface area contributed by atoms with Crippen molar-refractivity contribution in [3.8, 4) is 0 Å². The van der Waals surface area contributed by atoms with Crippen LogP contribution in [0.5, 0.6) is 0 Å². The van der Waals surface area contributed by atoms with E-state index in [-0.39, 0.29) is 11.9 Å². The first-order chi connectivity index (χ1) is 12.5. The molecule has 7 heteroatoms. The average Bonchev–Trinajstić information content (AvgIpc) is 2.97. The number of hydrazine groups is 1. The number of para-hydroxylation sites is 1. The van der Waals surface area contributed by atoms with Gasteiger partial charge < -0.3 is 9.88 Å². The summed E-state index contributed by atoms with van der Waals surface area (Å²) >= 11 is 3.38. The van der Waals surface area contributed by atoms with Crippen molar-refractivity contribution in [3.63, 3.8) is 0 Å². The van der Waals surface area contributed by atoms with Crippen LogP contribution in [-0.4, -0.2) is 16.5 Å². The molecule has 0 radical (unpaired) electrons. The number of aryl methyl sites for hydroxylation is 1.